The van der Waals surface area contributed by atoms with Gasteiger partial charge in [0.15, 0.2) is 0 Å². The Morgan fingerprint density at radius 2 is 1.87 bits per heavy atom. The van der Waals surface area contributed by atoms with Crippen LogP contribution in [-0.2, 0) is 10.9 Å². The number of ether oxygens (including phenoxy) is 1. The zero-order chi connectivity index (χ0) is 28.1. The highest BCUT2D eigenvalue weighted by atomic mass is 35.5. The minimum absolute atomic E-state index is 0.0670. The van der Waals surface area contributed by atoms with Gasteiger partial charge in [0.05, 0.1) is 34.3 Å². The van der Waals surface area contributed by atoms with Gasteiger partial charge in [0.25, 0.3) is 5.91 Å². The number of nitrogens with zero attached hydrogens (tertiary/aromatic N) is 3. The topological polar surface area (TPSA) is 120 Å². The highest BCUT2D eigenvalue weighted by molar-refractivity contribution is 6.34. The maximum atomic E-state index is 15.1. The molecule has 2 aromatic heterocycles. The van der Waals surface area contributed by atoms with E-state index in [1.165, 1.54) is 30.3 Å². The number of halogens is 5. The molecule has 9 nitrogen and oxygen atoms in total. The number of methoxy groups -OCH3 is 1. The molecule has 198 valence electrons. The molecule has 0 spiro atoms. The number of carbonyl (C=O) groups excluding carboxylic acids is 2. The Morgan fingerprint density at radius 3 is 2.51 bits per heavy atom. The lowest BCUT2D eigenvalue weighted by Gasteiger charge is -2.13. The summed E-state index contributed by atoms with van der Waals surface area (Å²) in [5, 5.41) is 9.61. The van der Waals surface area contributed by atoms with E-state index < -0.39 is 45.8 Å². The van der Waals surface area contributed by atoms with E-state index in [4.69, 9.17) is 16.0 Å². The van der Waals surface area contributed by atoms with Crippen molar-refractivity contribution in [2.75, 3.05) is 7.11 Å². The smallest absolute Gasteiger partial charge is 0.434 e. The Labute approximate surface area is 219 Å². The molecule has 1 N–H and O–H groups in total. The molecule has 2 heterocycles. The van der Waals surface area contributed by atoms with Crippen LogP contribution in [0.3, 0.4) is 0 Å². The molecular weight excluding hydrogens is 548 g/mol. The number of H-pyrrole nitrogens is 1. The molecule has 14 heteroatoms. The largest absolute Gasteiger partial charge is 0.465 e. The fourth-order valence-corrected chi connectivity index (χ4v) is 4.25. The molecule has 3 aromatic carbocycles. The summed E-state index contributed by atoms with van der Waals surface area (Å²) in [6.45, 7) is 0. The van der Waals surface area contributed by atoms with Gasteiger partial charge in [-0.3, -0.25) is 4.79 Å². The molecule has 0 amide bonds. The van der Waals surface area contributed by atoms with E-state index in [1.54, 1.807) is 0 Å². The van der Waals surface area contributed by atoms with E-state index in [0.29, 0.717) is 10.7 Å². The number of carbonyl (C=O) groups is 2. The fraction of sp³-hybridized carbons (Fsp3) is 0.0800. The van der Waals surface area contributed by atoms with Gasteiger partial charge in [0, 0.05) is 16.5 Å². The maximum Gasteiger partial charge on any atom is 0.434 e. The molecule has 0 aliphatic carbocycles. The number of hydrogen-bond donors (Lipinski definition) is 1. The van der Waals surface area contributed by atoms with E-state index in [-0.39, 0.29) is 39.2 Å². The molecule has 0 saturated heterocycles. The monoisotopic (exact) mass is 560 g/mol. The summed E-state index contributed by atoms with van der Waals surface area (Å²) in [4.78, 5) is 36.8. The predicted molar refractivity (Wildman–Crippen MR) is 129 cm³/mol. The second-order valence-electron chi connectivity index (χ2n) is 8.06. The first-order chi connectivity index (χ1) is 18.5. The normalized spacial score (nSPS) is 11.6. The average molecular weight is 561 g/mol. The predicted octanol–water partition coefficient (Wildman–Crippen LogP) is 5.33. The summed E-state index contributed by atoms with van der Waals surface area (Å²) in [6, 6.07) is 10.4. The number of aromatic amines is 1. The van der Waals surface area contributed by atoms with Crippen molar-refractivity contribution >= 4 is 34.4 Å². The van der Waals surface area contributed by atoms with Crippen LogP contribution in [0.5, 0.6) is 0 Å². The standard InChI is InChI=1S/C25H13ClF4N4O5/c1-38-23(36)12-6-7-13(17(27)9-12)20-14-8-5-11(21-31-32-24(37)39-21)10-18(14)34(33-20)22(35)19-15(25(28,29)30)3-2-4-16(19)26/h2-10H,1H3,(H,32,37). The number of aromatic nitrogens is 4. The second kappa shape index (κ2) is 9.51. The third-order valence-corrected chi connectivity index (χ3v) is 6.05. The highest BCUT2D eigenvalue weighted by Gasteiger charge is 2.37. The molecular formula is C25H13ClF4N4O5. The molecule has 5 rings (SSSR count). The van der Waals surface area contributed by atoms with Crippen molar-refractivity contribution < 1.29 is 36.3 Å². The van der Waals surface area contributed by atoms with Crippen molar-refractivity contribution in [2.45, 2.75) is 6.18 Å². The van der Waals surface area contributed by atoms with Gasteiger partial charge in [-0.2, -0.15) is 23.0 Å². The summed E-state index contributed by atoms with van der Waals surface area (Å²) in [5.74, 6) is -4.00. The summed E-state index contributed by atoms with van der Waals surface area (Å²) in [5.41, 5.74) is -2.45. The molecule has 0 radical (unpaired) electrons. The molecule has 0 aliphatic heterocycles. The number of rotatable bonds is 4. The Kier molecular flexibility index (Phi) is 6.30. The molecule has 0 aliphatic rings. The molecule has 0 fully saturated rings. The Bertz CT molecular complexity index is 1840. The Hall–Kier alpha value is -4.78. The lowest BCUT2D eigenvalue weighted by molar-refractivity contribution is -0.137. The molecule has 39 heavy (non-hydrogen) atoms. The van der Waals surface area contributed by atoms with E-state index >= 15 is 4.39 Å². The maximum absolute atomic E-state index is 15.1. The van der Waals surface area contributed by atoms with Crippen molar-refractivity contribution in [1.29, 1.82) is 0 Å². The number of fused-ring (bicyclic) bond motifs is 1. The third-order valence-electron chi connectivity index (χ3n) is 5.74. The molecule has 0 bridgehead atoms. The highest BCUT2D eigenvalue weighted by Crippen LogP contribution is 2.37. The molecule has 0 unspecified atom stereocenters. The van der Waals surface area contributed by atoms with Gasteiger partial charge in [0.1, 0.15) is 11.5 Å². The van der Waals surface area contributed by atoms with Crippen LogP contribution in [0, 0.1) is 5.82 Å². The van der Waals surface area contributed by atoms with Crippen molar-refractivity contribution in [2.24, 2.45) is 0 Å². The number of esters is 1. The first-order valence-electron chi connectivity index (χ1n) is 10.9. The van der Waals surface area contributed by atoms with Crippen molar-refractivity contribution in [3.8, 4) is 22.7 Å². The number of benzene rings is 3. The summed E-state index contributed by atoms with van der Waals surface area (Å²) < 4.78 is 66.6. The van der Waals surface area contributed by atoms with E-state index in [0.717, 1.165) is 25.3 Å². The van der Waals surface area contributed by atoms with Crippen LogP contribution in [-0.4, -0.2) is 39.0 Å². The minimum atomic E-state index is -4.93. The SMILES string of the molecule is COC(=O)c1ccc(-c2nn(C(=O)c3c(Cl)cccc3C(F)(F)F)c3cc(-c4n[nH]c(=O)o4)ccc23)c(F)c1. The van der Waals surface area contributed by atoms with E-state index in [9.17, 15) is 27.6 Å². The number of hydrogen-bond acceptors (Lipinski definition) is 7. The van der Waals surface area contributed by atoms with Crippen LogP contribution < -0.4 is 5.76 Å². The van der Waals surface area contributed by atoms with Crippen LogP contribution in [0.15, 0.2) is 63.8 Å². The van der Waals surface area contributed by atoms with Crippen LogP contribution in [0.4, 0.5) is 17.6 Å². The minimum Gasteiger partial charge on any atom is -0.465 e. The van der Waals surface area contributed by atoms with Gasteiger partial charge in [-0.1, -0.05) is 17.7 Å². The van der Waals surface area contributed by atoms with Gasteiger partial charge in [-0.05, 0) is 48.5 Å². The lowest BCUT2D eigenvalue weighted by atomic mass is 10.0. The van der Waals surface area contributed by atoms with Crippen LogP contribution >= 0.6 is 11.6 Å². The second-order valence-corrected chi connectivity index (χ2v) is 8.47. The fourth-order valence-electron chi connectivity index (χ4n) is 3.99. The molecule has 0 saturated carbocycles. The van der Waals surface area contributed by atoms with Gasteiger partial charge in [-0.15, -0.1) is 5.10 Å². The Balaban J connectivity index is 1.77. The van der Waals surface area contributed by atoms with E-state index in [1.807, 2.05) is 0 Å². The zero-order valence-electron chi connectivity index (χ0n) is 19.5. The summed E-state index contributed by atoms with van der Waals surface area (Å²) in [6.07, 6.45) is -4.93. The zero-order valence-corrected chi connectivity index (χ0v) is 20.2. The first kappa shape index (κ1) is 25.9. The van der Waals surface area contributed by atoms with Crippen LogP contribution in [0.1, 0.15) is 26.3 Å². The number of nitrogens with one attached hydrogen (secondary N) is 1. The van der Waals surface area contributed by atoms with Crippen LogP contribution in [0.2, 0.25) is 5.02 Å². The van der Waals surface area contributed by atoms with Crippen molar-refractivity contribution in [3.05, 3.63) is 92.7 Å². The molecule has 0 atom stereocenters. The van der Waals surface area contributed by atoms with Crippen molar-refractivity contribution in [1.82, 2.24) is 20.0 Å². The third kappa shape index (κ3) is 4.56. The quantitative estimate of drug-likeness (QED) is 0.233. The summed E-state index contributed by atoms with van der Waals surface area (Å²) >= 11 is 6.04. The molecule has 5 aromatic rings. The lowest BCUT2D eigenvalue weighted by Crippen LogP contribution is -2.20. The van der Waals surface area contributed by atoms with E-state index in [2.05, 4.69) is 20.0 Å². The first-order valence-corrected chi connectivity index (χ1v) is 11.2. The van der Waals surface area contributed by atoms with Gasteiger partial charge in [-0.25, -0.2) is 19.1 Å². The van der Waals surface area contributed by atoms with Gasteiger partial charge >= 0.3 is 17.9 Å². The van der Waals surface area contributed by atoms with Crippen molar-refractivity contribution in [3.63, 3.8) is 0 Å². The average Bonchev–Trinajstić information content (AvgIpc) is 3.50. The Morgan fingerprint density at radius 1 is 1.10 bits per heavy atom. The van der Waals surface area contributed by atoms with Gasteiger partial charge in [0.2, 0.25) is 5.89 Å². The van der Waals surface area contributed by atoms with Gasteiger partial charge < -0.3 is 9.15 Å². The summed E-state index contributed by atoms with van der Waals surface area (Å²) in [7, 11) is 1.12. The number of alkyl halides is 3. The van der Waals surface area contributed by atoms with Crippen LogP contribution in [0.25, 0.3) is 33.6 Å².